The molecule has 1 unspecified atom stereocenters. The van der Waals surface area contributed by atoms with E-state index in [2.05, 4.69) is 24.9 Å². The lowest BCUT2D eigenvalue weighted by molar-refractivity contribution is -0.128. The molecule has 138 valence electrons. The Morgan fingerprint density at radius 3 is 2.42 bits per heavy atom. The zero-order valence-electron chi connectivity index (χ0n) is 13.9. The van der Waals surface area contributed by atoms with Gasteiger partial charge in [-0.1, -0.05) is 6.92 Å². The Hall–Kier alpha value is -1.89. The fraction of sp³-hybridized carbons (Fsp3) is 0.714. The van der Waals surface area contributed by atoms with Gasteiger partial charge in [-0.05, 0) is 31.8 Å². The summed E-state index contributed by atoms with van der Waals surface area (Å²) in [6.45, 7) is 2.17. The van der Waals surface area contributed by atoms with Crippen LogP contribution in [0.3, 0.4) is 0 Å². The number of nitrogens with two attached hydrogens (primary N) is 2. The minimum atomic E-state index is -1.17. The number of guanidine groups is 1. The summed E-state index contributed by atoms with van der Waals surface area (Å²) in [5, 5.41) is 13.9. The molecule has 0 aromatic carbocycles. The van der Waals surface area contributed by atoms with Crippen molar-refractivity contribution in [2.24, 2.45) is 22.4 Å². The van der Waals surface area contributed by atoms with Crippen molar-refractivity contribution in [2.45, 2.75) is 44.7 Å². The monoisotopic (exact) mass is 361 g/mol. The number of carboxylic acid groups (broad SMARTS) is 1. The molecule has 0 aromatic heterocycles. The first kappa shape index (κ1) is 22.1. The summed E-state index contributed by atoms with van der Waals surface area (Å²) in [5.41, 5.74) is 10.4. The van der Waals surface area contributed by atoms with Crippen LogP contribution in [0, 0.1) is 5.92 Å². The van der Waals surface area contributed by atoms with Crippen molar-refractivity contribution in [3.8, 4) is 0 Å². The number of aliphatic imine (C=N–C) groups is 1. The summed E-state index contributed by atoms with van der Waals surface area (Å²) in [7, 11) is 2.52. The summed E-state index contributed by atoms with van der Waals surface area (Å²) >= 11 is 0. The largest absolute Gasteiger partial charge is 0.465 e. The normalized spacial score (nSPS) is 14.1. The Kier molecular flexibility index (Phi) is 11.5. The average molecular weight is 361 g/mol. The summed E-state index contributed by atoms with van der Waals surface area (Å²) in [5.74, 6) is -0.895. The van der Waals surface area contributed by atoms with Gasteiger partial charge in [0.25, 0.3) is 0 Å². The maximum atomic E-state index is 12.4. The van der Waals surface area contributed by atoms with Crippen LogP contribution in [0.4, 0.5) is 4.79 Å². The number of amides is 2. The maximum Gasteiger partial charge on any atom is 0.404 e. The van der Waals surface area contributed by atoms with E-state index in [9.17, 15) is 14.4 Å². The molecule has 0 fully saturated rings. The molecule has 0 rings (SSSR count). The Bertz CT molecular complexity index is 443. The molecule has 0 spiro atoms. The number of nitrogens with zero attached hydrogens (tertiary/aromatic N) is 1. The molecule has 0 aliphatic rings. The maximum absolute atomic E-state index is 12.4. The Morgan fingerprint density at radius 2 is 1.96 bits per heavy atom. The van der Waals surface area contributed by atoms with Gasteiger partial charge in [0, 0.05) is 12.6 Å². The van der Waals surface area contributed by atoms with Crippen LogP contribution in [0.25, 0.3) is 0 Å². The average Bonchev–Trinajstić information content (AvgIpc) is 2.52. The number of carbonyl (C=O) groups excluding carboxylic acids is 2. The van der Waals surface area contributed by atoms with Crippen LogP contribution in [0.1, 0.15) is 32.6 Å². The van der Waals surface area contributed by atoms with Crippen LogP contribution in [0.15, 0.2) is 4.99 Å². The third-order valence-corrected chi connectivity index (χ3v) is 3.84. The summed E-state index contributed by atoms with van der Waals surface area (Å²) in [6.07, 6.45) is 2.05. The second-order valence-corrected chi connectivity index (χ2v) is 5.93. The van der Waals surface area contributed by atoms with Gasteiger partial charge in [0.2, 0.25) is 5.91 Å². The van der Waals surface area contributed by atoms with Crippen molar-refractivity contribution in [1.29, 1.82) is 0 Å². The Labute approximate surface area is 144 Å². The lowest BCUT2D eigenvalue weighted by atomic mass is 9.93. The number of aldehydes is 1. The number of rotatable bonds is 12. The van der Waals surface area contributed by atoms with Crippen molar-refractivity contribution in [1.82, 2.24) is 10.6 Å². The highest BCUT2D eigenvalue weighted by Gasteiger charge is 2.29. The van der Waals surface area contributed by atoms with Gasteiger partial charge in [0.1, 0.15) is 6.29 Å². The molecule has 9 nitrogen and oxygen atoms in total. The summed E-state index contributed by atoms with van der Waals surface area (Å²) in [6, 6.07) is -1.15. The van der Waals surface area contributed by atoms with Crippen molar-refractivity contribution >= 4 is 33.5 Å². The van der Waals surface area contributed by atoms with Gasteiger partial charge in [0.05, 0.1) is 12.0 Å². The van der Waals surface area contributed by atoms with E-state index in [0.29, 0.717) is 44.7 Å². The van der Waals surface area contributed by atoms with Gasteiger partial charge in [-0.25, -0.2) is 4.79 Å². The van der Waals surface area contributed by atoms with Crippen LogP contribution in [0.5, 0.6) is 0 Å². The smallest absolute Gasteiger partial charge is 0.404 e. The van der Waals surface area contributed by atoms with Crippen molar-refractivity contribution in [2.75, 3.05) is 12.7 Å². The highest BCUT2D eigenvalue weighted by atomic mass is 31.0. The first-order valence-corrected chi connectivity index (χ1v) is 8.67. The molecule has 0 heterocycles. The van der Waals surface area contributed by atoms with Crippen LogP contribution in [0.2, 0.25) is 0 Å². The van der Waals surface area contributed by atoms with Crippen molar-refractivity contribution < 1.29 is 19.5 Å². The van der Waals surface area contributed by atoms with E-state index in [1.165, 1.54) is 0 Å². The van der Waals surface area contributed by atoms with E-state index < -0.39 is 24.1 Å². The lowest BCUT2D eigenvalue weighted by Gasteiger charge is -2.26. The van der Waals surface area contributed by atoms with E-state index in [0.717, 1.165) is 0 Å². The van der Waals surface area contributed by atoms with Gasteiger partial charge < -0.3 is 32.0 Å². The van der Waals surface area contributed by atoms with E-state index in [1.807, 2.05) is 0 Å². The fourth-order valence-electron chi connectivity index (χ4n) is 2.32. The van der Waals surface area contributed by atoms with Crippen LogP contribution >= 0.6 is 9.24 Å². The zero-order valence-corrected chi connectivity index (χ0v) is 15.1. The molecule has 7 N–H and O–H groups in total. The number of hydrogen-bond donors (Lipinski definition) is 5. The molecule has 4 atom stereocenters. The van der Waals surface area contributed by atoms with Gasteiger partial charge >= 0.3 is 6.09 Å². The Morgan fingerprint density at radius 1 is 1.29 bits per heavy atom. The molecule has 0 aliphatic carbocycles. The van der Waals surface area contributed by atoms with Gasteiger partial charge in [0.15, 0.2) is 5.96 Å². The quantitative estimate of drug-likeness (QED) is 0.105. The molecule has 10 heteroatoms. The van der Waals surface area contributed by atoms with Crippen molar-refractivity contribution in [3.63, 3.8) is 0 Å². The molecule has 0 aliphatic heterocycles. The lowest BCUT2D eigenvalue weighted by Crippen LogP contribution is -2.49. The van der Waals surface area contributed by atoms with Crippen molar-refractivity contribution in [3.05, 3.63) is 0 Å². The molecular weight excluding hydrogens is 333 g/mol. The number of carbonyl (C=O) groups is 3. The van der Waals surface area contributed by atoms with E-state index in [-0.39, 0.29) is 11.9 Å². The summed E-state index contributed by atoms with van der Waals surface area (Å²) in [4.78, 5) is 38.3. The molecule has 0 radical (unpaired) electrons. The molecule has 0 aromatic rings. The standard InChI is InChI=1S/C14H28N5O4P/c1-2-11(19-14(22)23)10(5-7-24)12(21)18-9(8-20)4-3-6-17-13(15)16/h8-11,19H,2-7,24H2,1H3,(H,18,21)(H,22,23)(H4,15,16,17)/t9-,10+,11-/m0/s1. The molecular formula is C14H28N5O4P. The fourth-order valence-corrected chi connectivity index (χ4v) is 2.68. The second-order valence-electron chi connectivity index (χ2n) is 5.35. The van der Waals surface area contributed by atoms with Crippen LogP contribution < -0.4 is 22.1 Å². The van der Waals surface area contributed by atoms with E-state index >= 15 is 0 Å². The number of nitrogens with one attached hydrogen (secondary N) is 2. The first-order valence-electron chi connectivity index (χ1n) is 7.86. The SMILES string of the molecule is CC[C@H](NC(=O)O)[C@@H](CCP)C(=O)N[C@H](C=O)CCCN=C(N)N. The first-order chi connectivity index (χ1) is 11.3. The highest BCUT2D eigenvalue weighted by Crippen LogP contribution is 2.15. The van der Waals surface area contributed by atoms with Gasteiger partial charge in [-0.2, -0.15) is 0 Å². The zero-order chi connectivity index (χ0) is 18.5. The third-order valence-electron chi connectivity index (χ3n) is 3.51. The topological polar surface area (TPSA) is 160 Å². The molecule has 0 bridgehead atoms. The van der Waals surface area contributed by atoms with E-state index in [1.54, 1.807) is 6.92 Å². The minimum Gasteiger partial charge on any atom is -0.465 e. The van der Waals surface area contributed by atoms with Crippen LogP contribution in [-0.4, -0.2) is 54.1 Å². The molecule has 2 amide bonds. The van der Waals surface area contributed by atoms with Crippen LogP contribution in [-0.2, 0) is 9.59 Å². The predicted molar refractivity (Wildman–Crippen MR) is 95.8 cm³/mol. The predicted octanol–water partition coefficient (Wildman–Crippen LogP) is -0.349. The number of hydrogen-bond acceptors (Lipinski definition) is 4. The molecule has 24 heavy (non-hydrogen) atoms. The highest BCUT2D eigenvalue weighted by molar-refractivity contribution is 7.16. The summed E-state index contributed by atoms with van der Waals surface area (Å²) < 4.78 is 0. The second kappa shape index (κ2) is 12.5. The minimum absolute atomic E-state index is 0.0206. The van der Waals surface area contributed by atoms with E-state index in [4.69, 9.17) is 16.6 Å². The molecule has 0 saturated carbocycles. The third kappa shape index (κ3) is 9.29. The van der Waals surface area contributed by atoms with Gasteiger partial charge in [-0.3, -0.25) is 9.79 Å². The Balaban J connectivity index is 4.73. The van der Waals surface area contributed by atoms with Gasteiger partial charge in [-0.15, -0.1) is 9.24 Å². The molecule has 0 saturated heterocycles.